The van der Waals surface area contributed by atoms with E-state index in [2.05, 4.69) is 11.6 Å². The lowest BCUT2D eigenvalue weighted by molar-refractivity contribution is -0.124. The summed E-state index contributed by atoms with van der Waals surface area (Å²) in [4.78, 5) is 29.4. The van der Waals surface area contributed by atoms with Crippen LogP contribution in [0.1, 0.15) is 24.2 Å². The summed E-state index contributed by atoms with van der Waals surface area (Å²) in [5.41, 5.74) is 1.33. The highest BCUT2D eigenvalue weighted by molar-refractivity contribution is 7.16. The molecule has 0 fully saturated rings. The number of hydrogen-bond acceptors (Lipinski definition) is 5. The van der Waals surface area contributed by atoms with Gasteiger partial charge in [-0.25, -0.2) is 4.79 Å². The molecule has 0 aliphatic rings. The molecule has 2 aromatic carbocycles. The number of para-hydroxylation sites is 1. The number of carbonyl (C=O) groups is 2. The predicted octanol–water partition coefficient (Wildman–Crippen LogP) is 3.96. The molecule has 29 heavy (non-hydrogen) atoms. The number of amides is 1. The fraction of sp³-hybridized carbons (Fsp3) is 0.227. The highest BCUT2D eigenvalue weighted by Crippen LogP contribution is 2.20. The lowest BCUT2D eigenvalue weighted by Crippen LogP contribution is -2.25. The lowest BCUT2D eigenvalue weighted by atomic mass is 10.2. The van der Waals surface area contributed by atoms with Crippen molar-refractivity contribution in [2.45, 2.75) is 26.5 Å². The van der Waals surface area contributed by atoms with Crippen LogP contribution in [0.5, 0.6) is 5.75 Å². The van der Waals surface area contributed by atoms with E-state index < -0.39 is 6.10 Å². The second-order valence-electron chi connectivity index (χ2n) is 6.21. The van der Waals surface area contributed by atoms with Crippen LogP contribution in [-0.2, 0) is 16.1 Å². The molecule has 6 nitrogen and oxygen atoms in total. The van der Waals surface area contributed by atoms with Gasteiger partial charge in [0.15, 0.2) is 10.9 Å². The van der Waals surface area contributed by atoms with Gasteiger partial charge in [-0.1, -0.05) is 35.6 Å². The van der Waals surface area contributed by atoms with Gasteiger partial charge in [0, 0.05) is 6.54 Å². The molecule has 1 heterocycles. The first-order valence-electron chi connectivity index (χ1n) is 9.25. The molecule has 150 valence electrons. The van der Waals surface area contributed by atoms with Crippen molar-refractivity contribution >= 4 is 33.4 Å². The number of allylic oxidation sites excluding steroid dienone is 1. The largest absolute Gasteiger partial charge is 0.481 e. The topological polar surface area (TPSA) is 69.9 Å². The summed E-state index contributed by atoms with van der Waals surface area (Å²) in [5, 5.41) is 0. The maximum absolute atomic E-state index is 12.6. The average molecular weight is 410 g/mol. The third-order valence-corrected chi connectivity index (χ3v) is 5.16. The first-order valence-corrected chi connectivity index (χ1v) is 10.1. The number of thiazole rings is 1. The molecule has 0 spiro atoms. The molecule has 1 amide bonds. The van der Waals surface area contributed by atoms with Crippen molar-refractivity contribution in [3.05, 3.63) is 71.6 Å². The molecule has 0 radical (unpaired) electrons. The van der Waals surface area contributed by atoms with E-state index in [1.165, 1.54) is 11.3 Å². The number of nitrogens with zero attached hydrogens (tertiary/aromatic N) is 2. The Hall–Kier alpha value is -3.19. The number of rotatable bonds is 7. The van der Waals surface area contributed by atoms with Crippen LogP contribution in [0.15, 0.2) is 66.2 Å². The van der Waals surface area contributed by atoms with E-state index in [9.17, 15) is 9.59 Å². The molecule has 1 aromatic heterocycles. The molecule has 0 saturated heterocycles. The fourth-order valence-electron chi connectivity index (χ4n) is 2.74. The van der Waals surface area contributed by atoms with Crippen molar-refractivity contribution in [2.24, 2.45) is 4.99 Å². The van der Waals surface area contributed by atoms with E-state index in [0.717, 1.165) is 10.2 Å². The Kier molecular flexibility index (Phi) is 6.61. The minimum absolute atomic E-state index is 0.312. The van der Waals surface area contributed by atoms with Crippen LogP contribution in [0.25, 0.3) is 10.2 Å². The Morgan fingerprint density at radius 3 is 2.69 bits per heavy atom. The van der Waals surface area contributed by atoms with Gasteiger partial charge >= 0.3 is 5.97 Å². The smallest absolute Gasteiger partial charge is 0.338 e. The summed E-state index contributed by atoms with van der Waals surface area (Å²) in [5.74, 6) is -0.153. The number of benzene rings is 2. The second-order valence-corrected chi connectivity index (χ2v) is 7.22. The summed E-state index contributed by atoms with van der Waals surface area (Å²) in [6.45, 7) is 8.01. The van der Waals surface area contributed by atoms with Crippen LogP contribution in [0.3, 0.4) is 0 Å². The molecule has 7 heteroatoms. The highest BCUT2D eigenvalue weighted by Gasteiger charge is 2.16. The first-order chi connectivity index (χ1) is 14.0. The van der Waals surface area contributed by atoms with Crippen LogP contribution < -0.4 is 9.54 Å². The molecule has 0 aliphatic carbocycles. The fourth-order valence-corrected chi connectivity index (χ4v) is 3.83. The van der Waals surface area contributed by atoms with Crippen LogP contribution in [0.2, 0.25) is 0 Å². The van der Waals surface area contributed by atoms with Crippen LogP contribution in [-0.4, -0.2) is 29.2 Å². The van der Waals surface area contributed by atoms with E-state index in [1.807, 2.05) is 28.8 Å². The predicted molar refractivity (Wildman–Crippen MR) is 113 cm³/mol. The Bertz CT molecular complexity index is 1100. The standard InChI is InChI=1S/C22H22N2O4S/c1-4-13-24-18-12-11-16(21(26)27-5-2)14-19(18)29-22(24)23-20(25)15(3)28-17-9-7-6-8-10-17/h4,6-12,14-15H,1,5,13H2,2-3H3. The monoisotopic (exact) mass is 410 g/mol. The zero-order valence-corrected chi connectivity index (χ0v) is 17.1. The lowest BCUT2D eigenvalue weighted by Gasteiger charge is -2.10. The van der Waals surface area contributed by atoms with Crippen molar-refractivity contribution in [1.82, 2.24) is 4.57 Å². The van der Waals surface area contributed by atoms with E-state index in [-0.39, 0.29) is 11.9 Å². The van der Waals surface area contributed by atoms with Crippen molar-refractivity contribution in [3.63, 3.8) is 0 Å². The van der Waals surface area contributed by atoms with Gasteiger partial charge in [0.05, 0.1) is 22.4 Å². The average Bonchev–Trinajstić information content (AvgIpc) is 3.05. The van der Waals surface area contributed by atoms with Crippen LogP contribution in [0.4, 0.5) is 0 Å². The van der Waals surface area contributed by atoms with Crippen molar-refractivity contribution in [3.8, 4) is 5.75 Å². The van der Waals surface area contributed by atoms with Crippen LogP contribution >= 0.6 is 11.3 Å². The maximum Gasteiger partial charge on any atom is 0.338 e. The number of carbonyl (C=O) groups excluding carboxylic acids is 2. The minimum Gasteiger partial charge on any atom is -0.481 e. The molecule has 3 aromatic rings. The Balaban J connectivity index is 1.95. The van der Waals surface area contributed by atoms with Gasteiger partial charge < -0.3 is 14.0 Å². The Morgan fingerprint density at radius 1 is 1.24 bits per heavy atom. The zero-order chi connectivity index (χ0) is 20.8. The maximum atomic E-state index is 12.6. The Morgan fingerprint density at radius 2 is 2.00 bits per heavy atom. The van der Waals surface area contributed by atoms with Gasteiger partial charge in [0.2, 0.25) is 0 Å². The summed E-state index contributed by atoms with van der Waals surface area (Å²) in [7, 11) is 0. The van der Waals surface area contributed by atoms with E-state index in [0.29, 0.717) is 29.3 Å². The van der Waals surface area contributed by atoms with Gasteiger partial charge in [-0.3, -0.25) is 4.79 Å². The number of fused-ring (bicyclic) bond motifs is 1. The summed E-state index contributed by atoms with van der Waals surface area (Å²) in [6, 6.07) is 14.4. The summed E-state index contributed by atoms with van der Waals surface area (Å²) >= 11 is 1.33. The number of aromatic nitrogens is 1. The van der Waals surface area contributed by atoms with Gasteiger partial charge in [-0.15, -0.1) is 6.58 Å². The second kappa shape index (κ2) is 9.34. The third-order valence-electron chi connectivity index (χ3n) is 4.12. The van der Waals surface area contributed by atoms with E-state index in [1.54, 1.807) is 44.2 Å². The Labute approximate surface area is 172 Å². The highest BCUT2D eigenvalue weighted by atomic mass is 32.1. The minimum atomic E-state index is -0.727. The van der Waals surface area contributed by atoms with Gasteiger partial charge in [0.1, 0.15) is 5.75 Å². The molecule has 1 atom stereocenters. The van der Waals surface area contributed by atoms with Crippen molar-refractivity contribution in [2.75, 3.05) is 6.61 Å². The zero-order valence-electron chi connectivity index (χ0n) is 16.3. The third kappa shape index (κ3) is 4.81. The number of hydrogen-bond donors (Lipinski definition) is 0. The molecule has 1 unspecified atom stereocenters. The first kappa shape index (κ1) is 20.5. The quantitative estimate of drug-likeness (QED) is 0.437. The molecule has 3 rings (SSSR count). The molecular weight excluding hydrogens is 388 g/mol. The molecular formula is C22H22N2O4S. The summed E-state index contributed by atoms with van der Waals surface area (Å²) in [6.07, 6.45) is 1.01. The normalized spacial score (nSPS) is 12.6. The molecule has 0 bridgehead atoms. The van der Waals surface area contributed by atoms with Crippen molar-refractivity contribution in [1.29, 1.82) is 0 Å². The van der Waals surface area contributed by atoms with E-state index in [4.69, 9.17) is 9.47 Å². The molecule has 0 aliphatic heterocycles. The molecule has 0 N–H and O–H groups in total. The van der Waals surface area contributed by atoms with Crippen molar-refractivity contribution < 1.29 is 19.1 Å². The molecule has 0 saturated carbocycles. The van der Waals surface area contributed by atoms with Gasteiger partial charge in [-0.05, 0) is 44.2 Å². The van der Waals surface area contributed by atoms with Crippen LogP contribution in [0, 0.1) is 0 Å². The SMILES string of the molecule is C=CCn1c(=NC(=O)C(C)Oc2ccccc2)sc2cc(C(=O)OCC)ccc21. The summed E-state index contributed by atoms with van der Waals surface area (Å²) < 4.78 is 13.5. The number of ether oxygens (including phenoxy) is 2. The van der Waals surface area contributed by atoms with Gasteiger partial charge in [0.25, 0.3) is 5.91 Å². The number of esters is 1. The van der Waals surface area contributed by atoms with Gasteiger partial charge in [-0.2, -0.15) is 4.99 Å². The van der Waals surface area contributed by atoms with E-state index >= 15 is 0 Å².